The van der Waals surface area contributed by atoms with Crippen LogP contribution in [0.1, 0.15) is 38.6 Å². The average molecular weight is 193 g/mol. The number of aromatic nitrogens is 2. The van der Waals surface area contributed by atoms with Gasteiger partial charge in [-0.1, -0.05) is 26.7 Å². The van der Waals surface area contributed by atoms with Crippen molar-refractivity contribution in [3.05, 3.63) is 24.3 Å². The van der Waals surface area contributed by atoms with Gasteiger partial charge in [0.05, 0.1) is 6.04 Å². The van der Waals surface area contributed by atoms with E-state index in [2.05, 4.69) is 29.1 Å². The fourth-order valence-electron chi connectivity index (χ4n) is 1.81. The highest BCUT2D eigenvalue weighted by Gasteiger charge is 2.20. The summed E-state index contributed by atoms with van der Waals surface area (Å²) >= 11 is 0. The van der Waals surface area contributed by atoms with Crippen LogP contribution in [0.4, 0.5) is 0 Å². The summed E-state index contributed by atoms with van der Waals surface area (Å²) in [5.41, 5.74) is 0. The highest BCUT2D eigenvalue weighted by molar-refractivity contribution is 4.97. The molecule has 0 amide bonds. The lowest BCUT2D eigenvalue weighted by atomic mass is 9.93. The van der Waals surface area contributed by atoms with Crippen molar-refractivity contribution >= 4 is 0 Å². The summed E-state index contributed by atoms with van der Waals surface area (Å²) in [5.74, 6) is 1.52. The molecule has 0 radical (unpaired) electrons. The Bertz CT molecular complexity index is 244. The van der Waals surface area contributed by atoms with E-state index in [1.807, 2.05) is 13.1 Å². The van der Waals surface area contributed by atoms with Crippen LogP contribution in [0.3, 0.4) is 0 Å². The molecule has 0 bridgehead atoms. The summed E-state index contributed by atoms with van der Waals surface area (Å²) in [5, 5.41) is 3.30. The van der Waals surface area contributed by atoms with E-state index in [1.165, 1.54) is 0 Å². The number of hydrogen-bond acceptors (Lipinski definition) is 3. The molecule has 1 unspecified atom stereocenters. The second-order valence-corrected chi connectivity index (χ2v) is 3.45. The number of nitrogens with one attached hydrogen (secondary N) is 1. The van der Waals surface area contributed by atoms with Gasteiger partial charge in [0.15, 0.2) is 0 Å². The van der Waals surface area contributed by atoms with Gasteiger partial charge in [-0.2, -0.15) is 0 Å². The summed E-state index contributed by atoms with van der Waals surface area (Å²) < 4.78 is 0. The van der Waals surface area contributed by atoms with Crippen LogP contribution < -0.4 is 5.32 Å². The maximum absolute atomic E-state index is 4.29. The predicted molar refractivity (Wildman–Crippen MR) is 57.9 cm³/mol. The molecular weight excluding hydrogens is 174 g/mol. The summed E-state index contributed by atoms with van der Waals surface area (Å²) in [6.45, 7) is 4.42. The zero-order valence-corrected chi connectivity index (χ0v) is 9.20. The van der Waals surface area contributed by atoms with Crippen LogP contribution in [0.5, 0.6) is 0 Å². The minimum atomic E-state index is 0.284. The van der Waals surface area contributed by atoms with Gasteiger partial charge in [-0.05, 0) is 19.0 Å². The highest BCUT2D eigenvalue weighted by atomic mass is 15.0. The van der Waals surface area contributed by atoms with Crippen LogP contribution >= 0.6 is 0 Å². The molecule has 78 valence electrons. The second kappa shape index (κ2) is 5.70. The summed E-state index contributed by atoms with van der Waals surface area (Å²) in [7, 11) is 1.97. The Morgan fingerprint density at radius 3 is 2.21 bits per heavy atom. The molecule has 0 saturated heterocycles. The molecule has 1 N–H and O–H groups in total. The molecule has 3 nitrogen and oxygen atoms in total. The van der Waals surface area contributed by atoms with E-state index >= 15 is 0 Å². The molecule has 1 aromatic rings. The molecule has 0 aromatic carbocycles. The van der Waals surface area contributed by atoms with Gasteiger partial charge in [-0.25, -0.2) is 9.97 Å². The predicted octanol–water partition coefficient (Wildman–Crippen LogP) is 2.17. The van der Waals surface area contributed by atoms with E-state index in [1.54, 1.807) is 12.4 Å². The van der Waals surface area contributed by atoms with Gasteiger partial charge >= 0.3 is 0 Å². The van der Waals surface area contributed by atoms with Crippen molar-refractivity contribution < 1.29 is 0 Å². The molecule has 1 rings (SSSR count). The number of rotatable bonds is 5. The lowest BCUT2D eigenvalue weighted by Crippen LogP contribution is -2.26. The van der Waals surface area contributed by atoms with Crippen LogP contribution in [0, 0.1) is 5.92 Å². The van der Waals surface area contributed by atoms with Crippen LogP contribution in [0.25, 0.3) is 0 Å². The van der Waals surface area contributed by atoms with Crippen LogP contribution in [0.15, 0.2) is 18.5 Å². The second-order valence-electron chi connectivity index (χ2n) is 3.45. The lowest BCUT2D eigenvalue weighted by Gasteiger charge is -2.23. The third kappa shape index (κ3) is 2.51. The Kier molecular flexibility index (Phi) is 4.53. The summed E-state index contributed by atoms with van der Waals surface area (Å²) in [6, 6.07) is 2.13. The van der Waals surface area contributed by atoms with Gasteiger partial charge in [0, 0.05) is 12.4 Å². The van der Waals surface area contributed by atoms with E-state index in [9.17, 15) is 0 Å². The SMILES string of the molecule is CCC(CC)C(NC)c1ncccn1. The summed E-state index contributed by atoms with van der Waals surface area (Å²) in [4.78, 5) is 8.59. The molecule has 1 aromatic heterocycles. The third-order valence-corrected chi connectivity index (χ3v) is 2.70. The minimum Gasteiger partial charge on any atom is -0.310 e. The Balaban J connectivity index is 2.81. The van der Waals surface area contributed by atoms with Crippen molar-refractivity contribution in [2.75, 3.05) is 7.05 Å². The van der Waals surface area contributed by atoms with E-state index in [0.29, 0.717) is 5.92 Å². The summed E-state index contributed by atoms with van der Waals surface area (Å²) in [6.07, 6.45) is 5.91. The smallest absolute Gasteiger partial charge is 0.145 e. The first-order valence-electron chi connectivity index (χ1n) is 5.27. The van der Waals surface area contributed by atoms with E-state index in [-0.39, 0.29) is 6.04 Å². The fraction of sp³-hybridized carbons (Fsp3) is 0.636. The average Bonchev–Trinajstić information content (AvgIpc) is 2.27. The van der Waals surface area contributed by atoms with Gasteiger partial charge in [0.2, 0.25) is 0 Å². The van der Waals surface area contributed by atoms with E-state index < -0.39 is 0 Å². The molecule has 0 saturated carbocycles. The number of hydrogen-bond donors (Lipinski definition) is 1. The first-order chi connectivity index (χ1) is 6.83. The molecule has 3 heteroatoms. The van der Waals surface area contributed by atoms with Crippen LogP contribution in [0.2, 0.25) is 0 Å². The Morgan fingerprint density at radius 1 is 1.21 bits per heavy atom. The van der Waals surface area contributed by atoms with E-state index in [0.717, 1.165) is 18.7 Å². The van der Waals surface area contributed by atoms with Gasteiger partial charge in [-0.15, -0.1) is 0 Å². The molecule has 14 heavy (non-hydrogen) atoms. The first kappa shape index (κ1) is 11.1. The zero-order valence-electron chi connectivity index (χ0n) is 9.20. The molecule has 0 aliphatic carbocycles. The largest absolute Gasteiger partial charge is 0.310 e. The van der Waals surface area contributed by atoms with E-state index in [4.69, 9.17) is 0 Å². The van der Waals surface area contributed by atoms with Crippen molar-refractivity contribution in [2.45, 2.75) is 32.7 Å². The Morgan fingerprint density at radius 2 is 1.79 bits per heavy atom. The lowest BCUT2D eigenvalue weighted by molar-refractivity contribution is 0.346. The Labute approximate surface area is 86.0 Å². The molecule has 0 spiro atoms. The van der Waals surface area contributed by atoms with Crippen LogP contribution in [-0.2, 0) is 0 Å². The maximum atomic E-state index is 4.29. The molecule has 1 heterocycles. The van der Waals surface area contributed by atoms with Crippen molar-refractivity contribution in [1.29, 1.82) is 0 Å². The van der Waals surface area contributed by atoms with Crippen molar-refractivity contribution in [2.24, 2.45) is 5.92 Å². The van der Waals surface area contributed by atoms with Crippen molar-refractivity contribution in [3.8, 4) is 0 Å². The fourth-order valence-corrected chi connectivity index (χ4v) is 1.81. The maximum Gasteiger partial charge on any atom is 0.145 e. The molecule has 0 fully saturated rings. The highest BCUT2D eigenvalue weighted by Crippen LogP contribution is 2.23. The normalized spacial score (nSPS) is 13.1. The topological polar surface area (TPSA) is 37.8 Å². The van der Waals surface area contributed by atoms with Crippen LogP contribution in [-0.4, -0.2) is 17.0 Å². The molecule has 0 aliphatic rings. The van der Waals surface area contributed by atoms with Gasteiger partial charge in [0.1, 0.15) is 5.82 Å². The third-order valence-electron chi connectivity index (χ3n) is 2.70. The van der Waals surface area contributed by atoms with Crippen molar-refractivity contribution in [3.63, 3.8) is 0 Å². The van der Waals surface area contributed by atoms with Crippen molar-refractivity contribution in [1.82, 2.24) is 15.3 Å². The monoisotopic (exact) mass is 193 g/mol. The molecule has 1 atom stereocenters. The van der Waals surface area contributed by atoms with Gasteiger partial charge < -0.3 is 5.32 Å². The molecular formula is C11H19N3. The standard InChI is InChI=1S/C11H19N3/c1-4-9(5-2)10(12-3)11-13-7-6-8-14-11/h6-10,12H,4-5H2,1-3H3. The molecule has 0 aliphatic heterocycles. The first-order valence-corrected chi connectivity index (χ1v) is 5.27. The zero-order chi connectivity index (χ0) is 10.4. The number of nitrogens with zero attached hydrogens (tertiary/aromatic N) is 2. The Hall–Kier alpha value is -0.960. The quantitative estimate of drug-likeness (QED) is 0.778. The van der Waals surface area contributed by atoms with Gasteiger partial charge in [0.25, 0.3) is 0 Å². The van der Waals surface area contributed by atoms with Gasteiger partial charge in [-0.3, -0.25) is 0 Å². The minimum absolute atomic E-state index is 0.284.